The minimum absolute atomic E-state index is 0.112. The maximum absolute atomic E-state index is 11.8. The maximum Gasteiger partial charge on any atom is 0.323 e. The van der Waals surface area contributed by atoms with Gasteiger partial charge in [-0.15, -0.1) is 6.58 Å². The molecule has 1 rings (SSSR count). The van der Waals surface area contributed by atoms with E-state index in [-0.39, 0.29) is 18.6 Å². The summed E-state index contributed by atoms with van der Waals surface area (Å²) in [6.07, 6.45) is 3.42. The van der Waals surface area contributed by atoms with Crippen molar-refractivity contribution in [3.05, 3.63) is 12.7 Å². The van der Waals surface area contributed by atoms with Gasteiger partial charge in [-0.25, -0.2) is 4.79 Å². The SMILES string of the molecule is C=CCN(C)C(=O)N(CC(=O)O)C1CC1. The number of carbonyl (C=O) groups excluding carboxylic acids is 1. The first-order valence-corrected chi connectivity index (χ1v) is 4.90. The molecule has 0 atom stereocenters. The van der Waals surface area contributed by atoms with E-state index >= 15 is 0 Å². The van der Waals surface area contributed by atoms with E-state index in [1.165, 1.54) is 9.80 Å². The number of nitrogens with zero attached hydrogens (tertiary/aromatic N) is 2. The van der Waals surface area contributed by atoms with Crippen molar-refractivity contribution in [1.29, 1.82) is 0 Å². The summed E-state index contributed by atoms with van der Waals surface area (Å²) < 4.78 is 0. The van der Waals surface area contributed by atoms with Gasteiger partial charge in [-0.2, -0.15) is 0 Å². The van der Waals surface area contributed by atoms with E-state index in [0.29, 0.717) is 6.54 Å². The van der Waals surface area contributed by atoms with Gasteiger partial charge in [-0.1, -0.05) is 6.08 Å². The van der Waals surface area contributed by atoms with Crippen LogP contribution in [0.5, 0.6) is 0 Å². The Hall–Kier alpha value is -1.52. The van der Waals surface area contributed by atoms with E-state index in [0.717, 1.165) is 12.8 Å². The third kappa shape index (κ3) is 3.27. The molecule has 5 heteroatoms. The van der Waals surface area contributed by atoms with Crippen LogP contribution in [-0.2, 0) is 4.79 Å². The lowest BCUT2D eigenvalue weighted by Gasteiger charge is -2.26. The Balaban J connectivity index is 2.57. The molecule has 0 aromatic carbocycles. The van der Waals surface area contributed by atoms with Crippen LogP contribution in [0.3, 0.4) is 0 Å². The number of carboxylic acid groups (broad SMARTS) is 1. The molecule has 0 aromatic rings. The molecule has 0 aromatic heterocycles. The summed E-state index contributed by atoms with van der Waals surface area (Å²) in [7, 11) is 1.64. The summed E-state index contributed by atoms with van der Waals surface area (Å²) in [5.41, 5.74) is 0. The summed E-state index contributed by atoms with van der Waals surface area (Å²) in [6, 6.07) is -0.124. The van der Waals surface area contributed by atoms with Crippen molar-refractivity contribution in [2.24, 2.45) is 0 Å². The van der Waals surface area contributed by atoms with Crippen LogP contribution < -0.4 is 0 Å². The van der Waals surface area contributed by atoms with Gasteiger partial charge in [0.15, 0.2) is 0 Å². The topological polar surface area (TPSA) is 60.9 Å². The Kier molecular flexibility index (Phi) is 3.71. The average molecular weight is 212 g/mol. The molecule has 2 amide bonds. The highest BCUT2D eigenvalue weighted by molar-refractivity contribution is 5.80. The van der Waals surface area contributed by atoms with Gasteiger partial charge in [-0.3, -0.25) is 4.79 Å². The monoisotopic (exact) mass is 212 g/mol. The maximum atomic E-state index is 11.8. The lowest BCUT2D eigenvalue weighted by atomic mass is 10.4. The highest BCUT2D eigenvalue weighted by atomic mass is 16.4. The van der Waals surface area contributed by atoms with Crippen molar-refractivity contribution in [1.82, 2.24) is 9.80 Å². The molecule has 0 spiro atoms. The van der Waals surface area contributed by atoms with Gasteiger partial charge in [0.2, 0.25) is 0 Å². The smallest absolute Gasteiger partial charge is 0.323 e. The fraction of sp³-hybridized carbons (Fsp3) is 0.600. The van der Waals surface area contributed by atoms with Gasteiger partial charge in [-0.05, 0) is 12.8 Å². The first-order chi connectivity index (χ1) is 7.06. The van der Waals surface area contributed by atoms with E-state index in [4.69, 9.17) is 5.11 Å². The second kappa shape index (κ2) is 4.82. The molecular formula is C10H16N2O3. The largest absolute Gasteiger partial charge is 0.480 e. The second-order valence-corrected chi connectivity index (χ2v) is 3.70. The Morgan fingerprint density at radius 2 is 2.13 bits per heavy atom. The summed E-state index contributed by atoms with van der Waals surface area (Å²) in [4.78, 5) is 25.3. The van der Waals surface area contributed by atoms with Crippen LogP contribution in [0.25, 0.3) is 0 Å². The van der Waals surface area contributed by atoms with E-state index < -0.39 is 5.97 Å². The van der Waals surface area contributed by atoms with Gasteiger partial charge in [0.25, 0.3) is 0 Å². The number of carboxylic acids is 1. The molecule has 0 saturated heterocycles. The van der Waals surface area contributed by atoms with Crippen molar-refractivity contribution < 1.29 is 14.7 Å². The number of rotatable bonds is 5. The van der Waals surface area contributed by atoms with E-state index in [1.54, 1.807) is 13.1 Å². The van der Waals surface area contributed by atoms with Crippen LogP contribution in [0, 0.1) is 0 Å². The fourth-order valence-corrected chi connectivity index (χ4v) is 1.38. The normalized spacial score (nSPS) is 14.5. The molecular weight excluding hydrogens is 196 g/mol. The molecule has 1 aliphatic rings. The molecule has 15 heavy (non-hydrogen) atoms. The lowest BCUT2D eigenvalue weighted by molar-refractivity contribution is -0.137. The quantitative estimate of drug-likeness (QED) is 0.685. The molecule has 1 N–H and O–H groups in total. The summed E-state index contributed by atoms with van der Waals surface area (Å²) in [6.45, 7) is 3.75. The Morgan fingerprint density at radius 1 is 1.53 bits per heavy atom. The van der Waals surface area contributed by atoms with Crippen molar-refractivity contribution in [2.75, 3.05) is 20.1 Å². The van der Waals surface area contributed by atoms with Crippen molar-refractivity contribution >= 4 is 12.0 Å². The highest BCUT2D eigenvalue weighted by Gasteiger charge is 2.34. The van der Waals surface area contributed by atoms with E-state index in [2.05, 4.69) is 6.58 Å². The standard InChI is InChI=1S/C10H16N2O3/c1-3-6-11(2)10(15)12(7-9(13)14)8-4-5-8/h3,8H,1,4-7H2,2H3,(H,13,14). The molecule has 0 heterocycles. The van der Waals surface area contributed by atoms with Crippen LogP contribution in [0.4, 0.5) is 4.79 Å². The molecule has 1 fully saturated rings. The molecule has 84 valence electrons. The van der Waals surface area contributed by atoms with Crippen molar-refractivity contribution in [2.45, 2.75) is 18.9 Å². The first kappa shape index (κ1) is 11.6. The van der Waals surface area contributed by atoms with Gasteiger partial charge in [0, 0.05) is 19.6 Å². The van der Waals surface area contributed by atoms with Crippen LogP contribution in [0.2, 0.25) is 0 Å². The second-order valence-electron chi connectivity index (χ2n) is 3.70. The molecule has 0 bridgehead atoms. The molecule has 1 aliphatic carbocycles. The summed E-state index contributed by atoms with van der Waals surface area (Å²) in [5, 5.41) is 8.69. The number of hydrogen-bond donors (Lipinski definition) is 1. The average Bonchev–Trinajstić information content (AvgIpc) is 2.96. The third-order valence-corrected chi connectivity index (χ3v) is 2.27. The number of amides is 2. The Labute approximate surface area is 89.0 Å². The van der Waals surface area contributed by atoms with Crippen LogP contribution in [0.15, 0.2) is 12.7 Å². The van der Waals surface area contributed by atoms with Gasteiger partial charge in [0.05, 0.1) is 0 Å². The van der Waals surface area contributed by atoms with Crippen LogP contribution >= 0.6 is 0 Å². The number of hydrogen-bond acceptors (Lipinski definition) is 2. The number of urea groups is 1. The van der Waals surface area contributed by atoms with Gasteiger partial charge in [0.1, 0.15) is 6.54 Å². The van der Waals surface area contributed by atoms with Crippen molar-refractivity contribution in [3.63, 3.8) is 0 Å². The molecule has 0 unspecified atom stereocenters. The van der Waals surface area contributed by atoms with Gasteiger partial charge < -0.3 is 14.9 Å². The highest BCUT2D eigenvalue weighted by Crippen LogP contribution is 2.27. The Bertz CT molecular complexity index is 274. The van der Waals surface area contributed by atoms with Gasteiger partial charge >= 0.3 is 12.0 Å². The first-order valence-electron chi connectivity index (χ1n) is 4.90. The zero-order valence-corrected chi connectivity index (χ0v) is 8.85. The zero-order valence-electron chi connectivity index (χ0n) is 8.85. The predicted molar refractivity (Wildman–Crippen MR) is 55.6 cm³/mol. The van der Waals surface area contributed by atoms with E-state index in [9.17, 15) is 9.59 Å². The number of aliphatic carboxylic acids is 1. The molecule has 0 radical (unpaired) electrons. The zero-order chi connectivity index (χ0) is 11.4. The summed E-state index contributed by atoms with van der Waals surface area (Å²) >= 11 is 0. The van der Waals surface area contributed by atoms with Crippen LogP contribution in [-0.4, -0.2) is 53.1 Å². The van der Waals surface area contributed by atoms with Crippen molar-refractivity contribution in [3.8, 4) is 0 Å². The minimum Gasteiger partial charge on any atom is -0.480 e. The fourth-order valence-electron chi connectivity index (χ4n) is 1.38. The minimum atomic E-state index is -0.970. The summed E-state index contributed by atoms with van der Waals surface area (Å²) in [5.74, 6) is -0.970. The molecule has 5 nitrogen and oxygen atoms in total. The number of carbonyl (C=O) groups is 2. The lowest BCUT2D eigenvalue weighted by Crippen LogP contribution is -2.44. The van der Waals surface area contributed by atoms with E-state index in [1.807, 2.05) is 0 Å². The third-order valence-electron chi connectivity index (χ3n) is 2.27. The predicted octanol–water partition coefficient (Wildman–Crippen LogP) is 0.773. The van der Waals surface area contributed by atoms with Crippen LogP contribution in [0.1, 0.15) is 12.8 Å². The Morgan fingerprint density at radius 3 is 2.53 bits per heavy atom. The number of likely N-dealkylation sites (N-methyl/N-ethyl adjacent to an activating group) is 1. The molecule has 1 saturated carbocycles. The molecule has 0 aliphatic heterocycles.